The van der Waals surface area contributed by atoms with E-state index in [0.29, 0.717) is 19.0 Å². The van der Waals surface area contributed by atoms with E-state index in [1.807, 2.05) is 6.92 Å². The molecule has 3 aliphatic rings. The number of rotatable bonds is 4. The Hall–Kier alpha value is -2.43. The third kappa shape index (κ3) is 3.52. The molecule has 2 amide bonds. The first-order valence-electron chi connectivity index (χ1n) is 10.6. The van der Waals surface area contributed by atoms with Crippen molar-refractivity contribution in [2.24, 2.45) is 9.50 Å². The number of amides is 2. The summed E-state index contributed by atoms with van der Waals surface area (Å²) in [7, 11) is -1.82. The van der Waals surface area contributed by atoms with E-state index in [1.54, 1.807) is 11.8 Å². The van der Waals surface area contributed by atoms with Crippen molar-refractivity contribution in [2.45, 2.75) is 62.5 Å². The van der Waals surface area contributed by atoms with Gasteiger partial charge in [-0.3, -0.25) is 0 Å². The topological polar surface area (TPSA) is 121 Å². The molecule has 5 rings (SSSR count). The fourth-order valence-electron chi connectivity index (χ4n) is 5.06. The summed E-state index contributed by atoms with van der Waals surface area (Å²) in [6.45, 7) is 3.02. The molecule has 0 spiro atoms. The Balaban J connectivity index is 1.50. The summed E-state index contributed by atoms with van der Waals surface area (Å²) in [5, 5.41) is 13.1. The first kappa shape index (κ1) is 20.5. The van der Waals surface area contributed by atoms with Gasteiger partial charge in [0.25, 0.3) is 0 Å². The average molecular weight is 446 g/mol. The van der Waals surface area contributed by atoms with E-state index in [1.165, 1.54) is 17.3 Å². The number of carbonyl (C=O) groups is 1. The maximum Gasteiger partial charge on any atom is 0.354 e. The number of carbonyl (C=O) groups excluding carboxylic acids is 1. The molecule has 1 aromatic heterocycles. The molecule has 166 valence electrons. The van der Waals surface area contributed by atoms with Crippen molar-refractivity contribution in [1.29, 1.82) is 0 Å². The van der Waals surface area contributed by atoms with E-state index in [4.69, 9.17) is 14.6 Å². The van der Waals surface area contributed by atoms with Crippen molar-refractivity contribution < 1.29 is 18.5 Å². The average Bonchev–Trinajstić information content (AvgIpc) is 3.45. The van der Waals surface area contributed by atoms with E-state index in [9.17, 15) is 9.00 Å². The number of anilines is 1. The normalized spacial score (nSPS) is 22.9. The first-order valence-corrected chi connectivity index (χ1v) is 12.2. The molecule has 1 aliphatic heterocycles. The van der Waals surface area contributed by atoms with E-state index in [0.717, 1.165) is 48.9 Å². The van der Waals surface area contributed by atoms with Crippen LogP contribution in [-0.4, -0.2) is 39.8 Å². The Kier molecular flexibility index (Phi) is 5.03. The van der Waals surface area contributed by atoms with Gasteiger partial charge < -0.3 is 14.8 Å². The van der Waals surface area contributed by atoms with Crippen LogP contribution < -0.4 is 15.2 Å². The van der Waals surface area contributed by atoms with Gasteiger partial charge >= 0.3 is 6.03 Å². The summed E-state index contributed by atoms with van der Waals surface area (Å²) in [6, 6.07) is 1.56. The molecule has 9 nitrogen and oxygen atoms in total. The van der Waals surface area contributed by atoms with Gasteiger partial charge in [-0.05, 0) is 61.3 Å². The van der Waals surface area contributed by atoms with Crippen LogP contribution in [-0.2, 0) is 40.5 Å². The third-order valence-corrected chi connectivity index (χ3v) is 7.68. The molecule has 0 saturated heterocycles. The number of hydrogen-bond acceptors (Lipinski definition) is 5. The minimum absolute atomic E-state index is 0.0984. The molecule has 0 fully saturated rings. The highest BCUT2D eigenvalue weighted by Crippen LogP contribution is 2.44. The zero-order valence-corrected chi connectivity index (χ0v) is 18.5. The van der Waals surface area contributed by atoms with Gasteiger partial charge in [0.15, 0.2) is 9.92 Å². The summed E-state index contributed by atoms with van der Waals surface area (Å²) in [6.07, 6.45) is 6.17. The standard InChI is InChI=1S/C21H27N5O4S/c1-12-10-26-20(30-12)17(9-23-26)31(22,28)25-21(27)24-19-16-5-3-4-13(16)8-14-6-7-15(11-29-2)18(14)19/h8-9,12,15H,3-7,10-11H2,1-2H3,(H3,22,24,25,27,28)/t12-,15-,31?/m1/s1. The number of benzene rings is 1. The van der Waals surface area contributed by atoms with Crippen LogP contribution in [0.15, 0.2) is 21.5 Å². The van der Waals surface area contributed by atoms with Gasteiger partial charge in [0.05, 0.1) is 19.3 Å². The lowest BCUT2D eigenvalue weighted by atomic mass is 9.94. The van der Waals surface area contributed by atoms with Crippen LogP contribution in [0.2, 0.25) is 0 Å². The fourth-order valence-corrected chi connectivity index (χ4v) is 6.05. The molecule has 0 saturated carbocycles. The number of aromatic nitrogens is 2. The number of fused-ring (bicyclic) bond motifs is 3. The number of hydrogen-bond donors (Lipinski definition) is 2. The highest BCUT2D eigenvalue weighted by Gasteiger charge is 2.32. The Morgan fingerprint density at radius 2 is 2.26 bits per heavy atom. The van der Waals surface area contributed by atoms with Crippen molar-refractivity contribution >= 4 is 21.6 Å². The second-order valence-corrected chi connectivity index (χ2v) is 10.3. The fraction of sp³-hybridized carbons (Fsp3) is 0.524. The molecule has 3 N–H and O–H groups in total. The molecule has 0 bridgehead atoms. The SMILES string of the molecule is COC[C@H]1CCc2cc3c(c(NC(=O)N=S(N)(=O)c4cnn5c4O[C@H](C)C5)c21)CCC3. The minimum Gasteiger partial charge on any atom is -0.472 e. The maximum absolute atomic E-state index is 13.1. The van der Waals surface area contributed by atoms with Crippen LogP contribution in [0.25, 0.3) is 0 Å². The number of nitrogens with two attached hydrogens (primary N) is 1. The first-order chi connectivity index (χ1) is 14.9. The molecule has 0 radical (unpaired) electrons. The highest BCUT2D eigenvalue weighted by molar-refractivity contribution is 7.91. The van der Waals surface area contributed by atoms with Crippen LogP contribution in [0, 0.1) is 0 Å². The van der Waals surface area contributed by atoms with E-state index in [2.05, 4.69) is 20.8 Å². The lowest BCUT2D eigenvalue weighted by molar-refractivity contribution is 0.179. The monoisotopic (exact) mass is 445 g/mol. The molecular weight excluding hydrogens is 418 g/mol. The maximum atomic E-state index is 13.1. The largest absolute Gasteiger partial charge is 0.472 e. The number of ether oxygens (including phenoxy) is 2. The van der Waals surface area contributed by atoms with Crippen molar-refractivity contribution in [1.82, 2.24) is 9.78 Å². The number of nitrogens with one attached hydrogen (secondary N) is 1. The molecular formula is C21H27N5O4S. The summed E-state index contributed by atoms with van der Waals surface area (Å²) in [4.78, 5) is 13.1. The molecule has 2 heterocycles. The van der Waals surface area contributed by atoms with Crippen molar-refractivity contribution in [3.63, 3.8) is 0 Å². The zero-order chi connectivity index (χ0) is 21.8. The smallest absolute Gasteiger partial charge is 0.354 e. The molecule has 1 unspecified atom stereocenters. The Morgan fingerprint density at radius 1 is 1.42 bits per heavy atom. The summed E-state index contributed by atoms with van der Waals surface area (Å²) in [5.41, 5.74) is 5.61. The zero-order valence-electron chi connectivity index (χ0n) is 17.7. The van der Waals surface area contributed by atoms with Gasteiger partial charge in [-0.1, -0.05) is 6.07 Å². The van der Waals surface area contributed by atoms with Crippen molar-refractivity contribution in [3.05, 3.63) is 34.5 Å². The third-order valence-electron chi connectivity index (χ3n) is 6.33. The molecule has 2 aliphatic carbocycles. The predicted molar refractivity (Wildman–Crippen MR) is 116 cm³/mol. The van der Waals surface area contributed by atoms with Gasteiger partial charge in [-0.2, -0.15) is 5.10 Å². The van der Waals surface area contributed by atoms with Crippen LogP contribution >= 0.6 is 0 Å². The van der Waals surface area contributed by atoms with Gasteiger partial charge in [-0.15, -0.1) is 4.36 Å². The lowest BCUT2D eigenvalue weighted by Crippen LogP contribution is -2.20. The number of urea groups is 1. The molecule has 1 aromatic carbocycles. The van der Waals surface area contributed by atoms with Crippen molar-refractivity contribution in [3.8, 4) is 5.88 Å². The second-order valence-electron chi connectivity index (χ2n) is 8.52. The highest BCUT2D eigenvalue weighted by atomic mass is 32.2. The van der Waals surface area contributed by atoms with Crippen LogP contribution in [0.1, 0.15) is 47.9 Å². The van der Waals surface area contributed by atoms with E-state index >= 15 is 0 Å². The summed E-state index contributed by atoms with van der Waals surface area (Å²) >= 11 is 0. The van der Waals surface area contributed by atoms with Gasteiger partial charge in [0.1, 0.15) is 11.0 Å². The van der Waals surface area contributed by atoms with Gasteiger partial charge in [-0.25, -0.2) is 18.8 Å². The van der Waals surface area contributed by atoms with Crippen LogP contribution in [0.3, 0.4) is 0 Å². The Morgan fingerprint density at radius 3 is 3.06 bits per heavy atom. The predicted octanol–water partition coefficient (Wildman–Crippen LogP) is 2.76. The Labute approximate surface area is 181 Å². The lowest BCUT2D eigenvalue weighted by Gasteiger charge is -2.19. The van der Waals surface area contributed by atoms with Crippen LogP contribution in [0.5, 0.6) is 5.88 Å². The number of methoxy groups -OCH3 is 1. The Bertz CT molecular complexity index is 1180. The van der Waals surface area contributed by atoms with Gasteiger partial charge in [0.2, 0.25) is 5.88 Å². The van der Waals surface area contributed by atoms with Crippen molar-refractivity contribution in [2.75, 3.05) is 19.0 Å². The minimum atomic E-state index is -3.51. The molecule has 31 heavy (non-hydrogen) atoms. The van der Waals surface area contributed by atoms with E-state index < -0.39 is 15.9 Å². The second kappa shape index (κ2) is 7.61. The number of nitrogens with zero attached hydrogens (tertiary/aromatic N) is 3. The van der Waals surface area contributed by atoms with Crippen LogP contribution in [0.4, 0.5) is 10.5 Å². The summed E-state index contributed by atoms with van der Waals surface area (Å²) < 4.78 is 29.7. The number of aryl methyl sites for hydroxylation is 2. The molecule has 10 heteroatoms. The molecule has 2 aromatic rings. The summed E-state index contributed by atoms with van der Waals surface area (Å²) in [5.74, 6) is 0.537. The van der Waals surface area contributed by atoms with E-state index in [-0.39, 0.29) is 16.9 Å². The quantitative estimate of drug-likeness (QED) is 0.750. The van der Waals surface area contributed by atoms with Gasteiger partial charge in [0, 0.05) is 18.7 Å². The molecule has 3 atom stereocenters.